The average Bonchev–Trinajstić information content (AvgIpc) is 3.09. The molecule has 0 aliphatic rings. The van der Waals surface area contributed by atoms with Gasteiger partial charge in [0.25, 0.3) is 0 Å². The van der Waals surface area contributed by atoms with Gasteiger partial charge in [-0.05, 0) is 0 Å². The molecule has 0 unspecified atom stereocenters. The van der Waals surface area contributed by atoms with E-state index in [2.05, 4.69) is 91.8 Å². The van der Waals surface area contributed by atoms with Gasteiger partial charge in [0.05, 0.1) is 0 Å². The molecule has 138 valence electrons. The van der Waals surface area contributed by atoms with E-state index in [-0.39, 0.29) is 26.2 Å². The maximum atomic E-state index is 2.32. The van der Waals surface area contributed by atoms with Gasteiger partial charge in [-0.3, -0.25) is 0 Å². The van der Waals surface area contributed by atoms with Crippen LogP contribution in [0, 0.1) is 13.8 Å². The second-order valence-electron chi connectivity index (χ2n) is 8.62. The van der Waals surface area contributed by atoms with Crippen molar-refractivity contribution in [1.29, 1.82) is 0 Å². The fourth-order valence-electron chi connectivity index (χ4n) is 3.51. The molecule has 0 atom stereocenters. The maximum Gasteiger partial charge on any atom is 2.00 e. The van der Waals surface area contributed by atoms with Gasteiger partial charge in [-0.2, -0.15) is 46.5 Å². The van der Waals surface area contributed by atoms with Crippen molar-refractivity contribution in [2.45, 2.75) is 91.9 Å². The zero-order valence-corrected chi connectivity index (χ0v) is 20.3. The molecule has 0 radical (unpaired) electrons. The Morgan fingerprint density at radius 2 is 1.04 bits per heavy atom. The van der Waals surface area contributed by atoms with Crippen LogP contribution in [-0.4, -0.2) is 0 Å². The minimum atomic E-state index is 0. The van der Waals surface area contributed by atoms with Gasteiger partial charge < -0.3 is 0 Å². The Kier molecular flexibility index (Phi) is 10.5. The first-order valence-corrected chi connectivity index (χ1v) is 9.60. The Bertz CT molecular complexity index is 541. The fourth-order valence-corrected chi connectivity index (χ4v) is 3.51. The van der Waals surface area contributed by atoms with Crippen molar-refractivity contribution >= 4 is 0 Å². The standard InChI is InChI=1S/2C12H19.Zr/c2*1-5-8-12(3,4)11-7-6-10(2)9-11;/h2*6-7,9H,5,8H2,1-4H3;/q2*-1;+2. The predicted octanol–water partition coefficient (Wildman–Crippen LogP) is 7.58. The SMILES string of the molecule is CCCC(C)(C)c1cc[c-](C)c1.CCCC(C)(C)c1cc[c-](C)c1.[Zr+2]. The van der Waals surface area contributed by atoms with Crippen LogP contribution in [0.1, 0.15) is 89.5 Å². The molecule has 0 nitrogen and oxygen atoms in total. The van der Waals surface area contributed by atoms with Crippen LogP contribution in [-0.2, 0) is 37.0 Å². The Labute approximate surface area is 176 Å². The first-order chi connectivity index (χ1) is 11.1. The molecule has 0 fully saturated rings. The largest absolute Gasteiger partial charge is 2.00 e. The molecule has 0 saturated heterocycles. The summed E-state index contributed by atoms with van der Waals surface area (Å²) < 4.78 is 0. The molecule has 0 aliphatic carbocycles. The van der Waals surface area contributed by atoms with Gasteiger partial charge in [0.15, 0.2) is 0 Å². The summed E-state index contributed by atoms with van der Waals surface area (Å²) in [6, 6.07) is 13.5. The predicted molar refractivity (Wildman–Crippen MR) is 109 cm³/mol. The monoisotopic (exact) mass is 416 g/mol. The molecule has 2 aromatic carbocycles. The van der Waals surface area contributed by atoms with Crippen LogP contribution in [0.5, 0.6) is 0 Å². The Balaban J connectivity index is 0.000000443. The molecular formula is C24H38Zr. The average molecular weight is 418 g/mol. The van der Waals surface area contributed by atoms with Crippen LogP contribution in [0.3, 0.4) is 0 Å². The molecule has 0 aliphatic heterocycles. The van der Waals surface area contributed by atoms with E-state index >= 15 is 0 Å². The molecule has 0 bridgehead atoms. The molecule has 2 aromatic rings. The van der Waals surface area contributed by atoms with Crippen molar-refractivity contribution in [3.63, 3.8) is 0 Å². The quantitative estimate of drug-likeness (QED) is 0.425. The summed E-state index contributed by atoms with van der Waals surface area (Å²) in [5.41, 5.74) is 6.47. The molecule has 2 rings (SSSR count). The summed E-state index contributed by atoms with van der Waals surface area (Å²) in [5.74, 6) is 0. The van der Waals surface area contributed by atoms with Gasteiger partial charge in [0.1, 0.15) is 0 Å². The van der Waals surface area contributed by atoms with E-state index in [1.165, 1.54) is 47.9 Å². The molecule has 0 aromatic heterocycles. The second-order valence-corrected chi connectivity index (χ2v) is 8.62. The first kappa shape index (κ1) is 24.6. The van der Waals surface area contributed by atoms with Crippen LogP contribution in [0.15, 0.2) is 36.4 Å². The number of hydrogen-bond donors (Lipinski definition) is 0. The summed E-state index contributed by atoms with van der Waals surface area (Å²) in [6.45, 7) is 18.1. The van der Waals surface area contributed by atoms with E-state index < -0.39 is 0 Å². The summed E-state index contributed by atoms with van der Waals surface area (Å²) in [5, 5.41) is 0. The Morgan fingerprint density at radius 3 is 1.24 bits per heavy atom. The molecule has 1 heteroatoms. The third-order valence-corrected chi connectivity index (χ3v) is 5.13. The van der Waals surface area contributed by atoms with Crippen molar-refractivity contribution in [2.24, 2.45) is 0 Å². The summed E-state index contributed by atoms with van der Waals surface area (Å²) in [6.07, 6.45) is 5.07. The van der Waals surface area contributed by atoms with Crippen LogP contribution in [0.4, 0.5) is 0 Å². The zero-order chi connectivity index (χ0) is 18.4. The van der Waals surface area contributed by atoms with E-state index in [0.29, 0.717) is 10.8 Å². The molecular weight excluding hydrogens is 379 g/mol. The van der Waals surface area contributed by atoms with Gasteiger partial charge in [0, 0.05) is 0 Å². The van der Waals surface area contributed by atoms with Crippen molar-refractivity contribution < 1.29 is 26.2 Å². The number of rotatable bonds is 6. The number of aryl methyl sites for hydroxylation is 2. The van der Waals surface area contributed by atoms with Gasteiger partial charge in [-0.25, -0.2) is 12.1 Å². The molecule has 0 saturated carbocycles. The maximum absolute atomic E-state index is 2.32. The van der Waals surface area contributed by atoms with E-state index in [1.807, 2.05) is 0 Å². The molecule has 0 heterocycles. The molecule has 0 amide bonds. The van der Waals surface area contributed by atoms with Crippen LogP contribution in [0.2, 0.25) is 0 Å². The van der Waals surface area contributed by atoms with Crippen LogP contribution < -0.4 is 0 Å². The third kappa shape index (κ3) is 7.78. The minimum absolute atomic E-state index is 0. The molecule has 0 spiro atoms. The van der Waals surface area contributed by atoms with E-state index in [0.717, 1.165) is 0 Å². The number of hydrogen-bond acceptors (Lipinski definition) is 0. The Hall–Kier alpha value is -0.417. The zero-order valence-electron chi connectivity index (χ0n) is 17.8. The van der Waals surface area contributed by atoms with Gasteiger partial charge >= 0.3 is 26.2 Å². The van der Waals surface area contributed by atoms with Crippen molar-refractivity contribution in [3.05, 3.63) is 58.7 Å². The molecule has 25 heavy (non-hydrogen) atoms. The van der Waals surface area contributed by atoms with Gasteiger partial charge in [0.2, 0.25) is 0 Å². The van der Waals surface area contributed by atoms with E-state index in [1.54, 1.807) is 0 Å². The van der Waals surface area contributed by atoms with Crippen molar-refractivity contribution in [1.82, 2.24) is 0 Å². The van der Waals surface area contributed by atoms with Crippen LogP contribution in [0.25, 0.3) is 0 Å². The first-order valence-electron chi connectivity index (χ1n) is 9.60. The van der Waals surface area contributed by atoms with Crippen LogP contribution >= 0.6 is 0 Å². The minimum Gasteiger partial charge on any atom is -0.210 e. The van der Waals surface area contributed by atoms with E-state index in [9.17, 15) is 0 Å². The topological polar surface area (TPSA) is 0 Å². The smallest absolute Gasteiger partial charge is 0.210 e. The summed E-state index contributed by atoms with van der Waals surface area (Å²) in [7, 11) is 0. The van der Waals surface area contributed by atoms with Crippen molar-refractivity contribution in [3.8, 4) is 0 Å². The molecule has 0 N–H and O–H groups in total. The normalized spacial score (nSPS) is 11.5. The summed E-state index contributed by atoms with van der Waals surface area (Å²) >= 11 is 0. The third-order valence-electron chi connectivity index (χ3n) is 5.13. The van der Waals surface area contributed by atoms with E-state index in [4.69, 9.17) is 0 Å². The fraction of sp³-hybridized carbons (Fsp3) is 0.583. The Morgan fingerprint density at radius 1 is 0.720 bits per heavy atom. The summed E-state index contributed by atoms with van der Waals surface area (Å²) in [4.78, 5) is 0. The second kappa shape index (κ2) is 10.7. The van der Waals surface area contributed by atoms with Gasteiger partial charge in [-0.15, -0.1) is 0 Å². The van der Waals surface area contributed by atoms with Crippen molar-refractivity contribution in [2.75, 3.05) is 0 Å². The van der Waals surface area contributed by atoms with Gasteiger partial charge in [-0.1, -0.05) is 91.9 Å².